The molecule has 2 nitrogen and oxygen atoms in total. The minimum absolute atomic E-state index is 0.218. The predicted octanol–water partition coefficient (Wildman–Crippen LogP) is 2.34. The van der Waals surface area contributed by atoms with Gasteiger partial charge in [0, 0.05) is 11.6 Å². The van der Waals surface area contributed by atoms with Crippen molar-refractivity contribution in [3.8, 4) is 0 Å². The van der Waals surface area contributed by atoms with E-state index in [2.05, 4.69) is 26.2 Å². The monoisotopic (exact) mass is 230 g/mol. The molecule has 4 heteroatoms. The Balaban J connectivity index is 2.56. The molecule has 1 aromatic rings. The van der Waals surface area contributed by atoms with E-state index in [9.17, 15) is 4.39 Å². The number of halogens is 2. The van der Waals surface area contributed by atoms with Crippen LogP contribution in [0, 0.1) is 5.82 Å². The van der Waals surface area contributed by atoms with Crippen LogP contribution in [0.4, 0.5) is 10.1 Å². The first-order valence-corrected chi connectivity index (χ1v) is 4.57. The van der Waals surface area contributed by atoms with Crippen molar-refractivity contribution in [1.29, 1.82) is 0 Å². The van der Waals surface area contributed by atoms with Gasteiger partial charge in [-0.2, -0.15) is 0 Å². The molecule has 0 amide bonds. The Hall–Kier alpha value is -0.640. The van der Waals surface area contributed by atoms with E-state index in [0.717, 1.165) is 17.7 Å². The van der Waals surface area contributed by atoms with Gasteiger partial charge in [-0.3, -0.25) is 0 Å². The quantitative estimate of drug-likeness (QED) is 0.693. The lowest BCUT2D eigenvalue weighted by Gasteiger charge is -2.03. The smallest absolute Gasteiger partial charge is 0.146 e. The largest absolute Gasteiger partial charge is 0.380 e. The minimum Gasteiger partial charge on any atom is -0.380 e. The Morgan fingerprint density at radius 1 is 1.75 bits per heavy atom. The summed E-state index contributed by atoms with van der Waals surface area (Å²) in [6, 6.07) is 0.301. The highest BCUT2D eigenvalue weighted by Crippen LogP contribution is 2.32. The summed E-state index contributed by atoms with van der Waals surface area (Å²) < 4.78 is 13.8. The van der Waals surface area contributed by atoms with E-state index >= 15 is 0 Å². The Morgan fingerprint density at radius 3 is 3.17 bits per heavy atom. The number of nitrogens with zero attached hydrogens (tertiary/aromatic N) is 1. The molecule has 2 heterocycles. The molecule has 0 bridgehead atoms. The second-order valence-corrected chi connectivity index (χ2v) is 3.75. The first-order chi connectivity index (χ1) is 5.68. The second-order valence-electron chi connectivity index (χ2n) is 3.00. The van der Waals surface area contributed by atoms with Crippen molar-refractivity contribution in [3.63, 3.8) is 0 Å². The van der Waals surface area contributed by atoms with Gasteiger partial charge in [0.15, 0.2) is 0 Å². The zero-order valence-corrected chi connectivity index (χ0v) is 8.15. The van der Waals surface area contributed by atoms with Crippen molar-refractivity contribution in [2.45, 2.75) is 19.4 Å². The summed E-state index contributed by atoms with van der Waals surface area (Å²) in [6.07, 6.45) is 1.99. The number of nitrogens with one attached hydrogen (secondary N) is 1. The fourth-order valence-electron chi connectivity index (χ4n) is 1.45. The van der Waals surface area contributed by atoms with Gasteiger partial charge in [0.05, 0.1) is 11.9 Å². The van der Waals surface area contributed by atoms with Gasteiger partial charge in [0.2, 0.25) is 0 Å². The van der Waals surface area contributed by atoms with Crippen molar-refractivity contribution in [2.24, 2.45) is 0 Å². The average Bonchev–Trinajstić information content (AvgIpc) is 2.41. The van der Waals surface area contributed by atoms with E-state index in [1.54, 1.807) is 0 Å². The Kier molecular flexibility index (Phi) is 1.79. The highest BCUT2D eigenvalue weighted by molar-refractivity contribution is 9.10. The number of fused-ring (bicyclic) bond motifs is 1. The second kappa shape index (κ2) is 2.69. The van der Waals surface area contributed by atoms with Gasteiger partial charge in [-0.15, -0.1) is 0 Å². The fourth-order valence-corrected chi connectivity index (χ4v) is 1.91. The third kappa shape index (κ3) is 1.10. The minimum atomic E-state index is -0.218. The molecular formula is C8H8BrFN2. The fraction of sp³-hybridized carbons (Fsp3) is 0.375. The van der Waals surface area contributed by atoms with Crippen molar-refractivity contribution in [1.82, 2.24) is 4.98 Å². The maximum absolute atomic E-state index is 13.1. The van der Waals surface area contributed by atoms with Gasteiger partial charge >= 0.3 is 0 Å². The third-order valence-corrected chi connectivity index (χ3v) is 2.59. The van der Waals surface area contributed by atoms with Gasteiger partial charge in [0.1, 0.15) is 10.4 Å². The van der Waals surface area contributed by atoms with Crippen LogP contribution in [0.25, 0.3) is 0 Å². The average molecular weight is 231 g/mol. The third-order valence-electron chi connectivity index (χ3n) is 1.99. The molecule has 0 saturated carbocycles. The van der Waals surface area contributed by atoms with Crippen molar-refractivity contribution in [2.75, 3.05) is 5.32 Å². The maximum Gasteiger partial charge on any atom is 0.146 e. The summed E-state index contributed by atoms with van der Waals surface area (Å²) in [5.41, 5.74) is 1.55. The lowest BCUT2D eigenvalue weighted by Crippen LogP contribution is -2.08. The number of anilines is 1. The van der Waals surface area contributed by atoms with Crippen molar-refractivity contribution >= 4 is 21.6 Å². The molecule has 64 valence electrons. The molecule has 0 spiro atoms. The van der Waals surface area contributed by atoms with E-state index in [1.807, 2.05) is 6.92 Å². The molecule has 0 aromatic carbocycles. The summed E-state index contributed by atoms with van der Waals surface area (Å²) in [6.45, 7) is 2.02. The zero-order valence-electron chi connectivity index (χ0n) is 6.56. The Bertz CT molecular complexity index is 296. The standard InChI is InChI=1S/C8H8BrFN2/c1-4-2-5-6(10)3-11-8(9)7(5)12-4/h3-4,12H,2H2,1H3. The molecule has 1 aromatic heterocycles. The lowest BCUT2D eigenvalue weighted by atomic mass is 10.1. The SMILES string of the molecule is CC1Cc2c(F)cnc(Br)c2N1. The molecule has 0 radical (unpaired) electrons. The van der Waals surface area contributed by atoms with Gasteiger partial charge in [-0.1, -0.05) is 0 Å². The number of hydrogen-bond donors (Lipinski definition) is 1. The highest BCUT2D eigenvalue weighted by atomic mass is 79.9. The van der Waals surface area contributed by atoms with Gasteiger partial charge in [0.25, 0.3) is 0 Å². The van der Waals surface area contributed by atoms with Crippen LogP contribution >= 0.6 is 15.9 Å². The van der Waals surface area contributed by atoms with Gasteiger partial charge in [-0.05, 0) is 29.3 Å². The number of rotatable bonds is 0. The molecule has 1 N–H and O–H groups in total. The van der Waals surface area contributed by atoms with E-state index in [1.165, 1.54) is 6.20 Å². The van der Waals surface area contributed by atoms with E-state index in [4.69, 9.17) is 0 Å². The van der Waals surface area contributed by atoms with Crippen molar-refractivity contribution in [3.05, 3.63) is 22.2 Å². The summed E-state index contributed by atoms with van der Waals surface area (Å²) in [4.78, 5) is 3.86. The van der Waals surface area contributed by atoms with Crippen LogP contribution in [-0.4, -0.2) is 11.0 Å². The van der Waals surface area contributed by atoms with Crippen molar-refractivity contribution < 1.29 is 4.39 Å². The predicted molar refractivity (Wildman–Crippen MR) is 48.7 cm³/mol. The topological polar surface area (TPSA) is 24.9 Å². The van der Waals surface area contributed by atoms with Crippen LogP contribution in [0.5, 0.6) is 0 Å². The summed E-state index contributed by atoms with van der Waals surface area (Å²) in [5, 5.41) is 3.16. The van der Waals surface area contributed by atoms with E-state index in [-0.39, 0.29) is 5.82 Å². The summed E-state index contributed by atoms with van der Waals surface area (Å²) in [5.74, 6) is -0.218. The number of hydrogen-bond acceptors (Lipinski definition) is 2. The zero-order chi connectivity index (χ0) is 8.72. The van der Waals surface area contributed by atoms with Crippen LogP contribution in [0.1, 0.15) is 12.5 Å². The molecule has 0 fully saturated rings. The van der Waals surface area contributed by atoms with E-state index in [0.29, 0.717) is 10.6 Å². The van der Waals surface area contributed by atoms with E-state index < -0.39 is 0 Å². The van der Waals surface area contributed by atoms with Crippen LogP contribution in [0.3, 0.4) is 0 Å². The Labute approximate surface area is 78.3 Å². The van der Waals surface area contributed by atoms with Crippen LogP contribution in [0.2, 0.25) is 0 Å². The Morgan fingerprint density at radius 2 is 2.50 bits per heavy atom. The molecular weight excluding hydrogens is 223 g/mol. The number of aromatic nitrogens is 1. The highest BCUT2D eigenvalue weighted by Gasteiger charge is 2.22. The van der Waals surface area contributed by atoms with Crippen LogP contribution in [-0.2, 0) is 6.42 Å². The summed E-state index contributed by atoms with van der Waals surface area (Å²) in [7, 11) is 0. The molecule has 1 aliphatic rings. The molecule has 1 aliphatic heterocycles. The van der Waals surface area contributed by atoms with Gasteiger partial charge < -0.3 is 5.32 Å². The van der Waals surface area contributed by atoms with Crippen LogP contribution in [0.15, 0.2) is 10.8 Å². The molecule has 0 saturated heterocycles. The first-order valence-electron chi connectivity index (χ1n) is 3.78. The molecule has 1 atom stereocenters. The normalized spacial score (nSPS) is 20.4. The molecule has 2 rings (SSSR count). The van der Waals surface area contributed by atoms with Gasteiger partial charge in [-0.25, -0.2) is 9.37 Å². The maximum atomic E-state index is 13.1. The van der Waals surface area contributed by atoms with Crippen LogP contribution < -0.4 is 5.32 Å². The summed E-state index contributed by atoms with van der Waals surface area (Å²) >= 11 is 3.27. The lowest BCUT2D eigenvalue weighted by molar-refractivity contribution is 0.604. The first kappa shape index (κ1) is 7.98. The molecule has 12 heavy (non-hydrogen) atoms. The number of pyridine rings is 1. The molecule has 1 unspecified atom stereocenters. The molecule has 0 aliphatic carbocycles.